The third-order valence-corrected chi connectivity index (χ3v) is 5.55. The van der Waals surface area contributed by atoms with Gasteiger partial charge in [0.15, 0.2) is 5.13 Å². The fraction of sp³-hybridized carbons (Fsp3) is 0.100. The van der Waals surface area contributed by atoms with Crippen LogP contribution >= 0.6 is 22.7 Å². The quantitative estimate of drug-likeness (QED) is 0.529. The number of thiazole rings is 2. The maximum absolute atomic E-state index is 12.3. The molecule has 0 unspecified atom stereocenters. The van der Waals surface area contributed by atoms with E-state index in [1.54, 1.807) is 6.20 Å². The lowest BCUT2D eigenvalue weighted by Crippen LogP contribution is -2.14. The molecule has 27 heavy (non-hydrogen) atoms. The van der Waals surface area contributed by atoms with E-state index in [0.29, 0.717) is 5.13 Å². The Hall–Kier alpha value is -2.90. The summed E-state index contributed by atoms with van der Waals surface area (Å²) < 4.78 is 0. The van der Waals surface area contributed by atoms with Crippen molar-refractivity contribution >= 4 is 33.7 Å². The molecule has 1 aromatic carbocycles. The highest BCUT2D eigenvalue weighted by Crippen LogP contribution is 2.26. The monoisotopic (exact) mass is 392 g/mol. The minimum atomic E-state index is -0.127. The van der Waals surface area contributed by atoms with Crippen LogP contribution < -0.4 is 5.32 Å². The maximum atomic E-state index is 12.3. The lowest BCUT2D eigenvalue weighted by atomic mass is 10.1. The Balaban J connectivity index is 1.40. The molecular weight excluding hydrogens is 376 g/mol. The van der Waals surface area contributed by atoms with Crippen LogP contribution in [0, 0.1) is 6.92 Å². The van der Waals surface area contributed by atoms with Crippen molar-refractivity contribution in [3.8, 4) is 22.0 Å². The molecule has 1 N–H and O–H groups in total. The lowest BCUT2D eigenvalue weighted by Gasteiger charge is -2.00. The molecule has 5 nitrogen and oxygen atoms in total. The van der Waals surface area contributed by atoms with E-state index >= 15 is 0 Å². The van der Waals surface area contributed by atoms with Crippen molar-refractivity contribution in [2.24, 2.45) is 0 Å². The smallest absolute Gasteiger partial charge is 0.232 e. The number of benzene rings is 1. The molecule has 0 atom stereocenters. The van der Waals surface area contributed by atoms with E-state index in [1.165, 1.54) is 28.2 Å². The number of nitrogens with zero attached hydrogens (tertiary/aromatic N) is 3. The second kappa shape index (κ2) is 7.77. The SMILES string of the molecule is Cc1ccc(-c2csc(NC(=O)Cc3csc(-c4ccccn4)n3)n2)cc1. The molecule has 1 amide bonds. The lowest BCUT2D eigenvalue weighted by molar-refractivity contribution is -0.115. The Labute approximate surface area is 164 Å². The zero-order valence-corrected chi connectivity index (χ0v) is 16.2. The van der Waals surface area contributed by atoms with Crippen LogP contribution in [0.15, 0.2) is 59.4 Å². The number of hydrogen-bond acceptors (Lipinski definition) is 6. The van der Waals surface area contributed by atoms with Gasteiger partial charge in [-0.3, -0.25) is 9.78 Å². The van der Waals surface area contributed by atoms with E-state index in [-0.39, 0.29) is 12.3 Å². The maximum Gasteiger partial charge on any atom is 0.232 e. The molecule has 7 heteroatoms. The zero-order valence-electron chi connectivity index (χ0n) is 14.5. The molecule has 0 radical (unpaired) electrons. The van der Waals surface area contributed by atoms with Gasteiger partial charge in [0.2, 0.25) is 5.91 Å². The summed E-state index contributed by atoms with van der Waals surface area (Å²) >= 11 is 2.91. The van der Waals surface area contributed by atoms with Gasteiger partial charge >= 0.3 is 0 Å². The summed E-state index contributed by atoms with van der Waals surface area (Å²) in [4.78, 5) is 25.6. The van der Waals surface area contributed by atoms with Crippen molar-refractivity contribution in [3.63, 3.8) is 0 Å². The molecule has 0 saturated heterocycles. The molecule has 0 fully saturated rings. The first-order valence-corrected chi connectivity index (χ1v) is 10.1. The Morgan fingerprint density at radius 1 is 1.00 bits per heavy atom. The first kappa shape index (κ1) is 17.5. The van der Waals surface area contributed by atoms with Crippen molar-refractivity contribution in [2.45, 2.75) is 13.3 Å². The Kier molecular flexibility index (Phi) is 5.04. The van der Waals surface area contributed by atoms with Crippen molar-refractivity contribution < 1.29 is 4.79 Å². The number of nitrogens with one attached hydrogen (secondary N) is 1. The third-order valence-electron chi connectivity index (χ3n) is 3.88. The van der Waals surface area contributed by atoms with Crippen LogP contribution in [0.3, 0.4) is 0 Å². The number of aromatic nitrogens is 3. The van der Waals surface area contributed by atoms with Crippen LogP contribution in [0.4, 0.5) is 5.13 Å². The molecule has 4 aromatic rings. The summed E-state index contributed by atoms with van der Waals surface area (Å²) in [5, 5.41) is 8.10. The molecule has 3 aromatic heterocycles. The van der Waals surface area contributed by atoms with Crippen LogP contribution in [0.25, 0.3) is 22.0 Å². The fourth-order valence-corrected chi connectivity index (χ4v) is 4.04. The Morgan fingerprint density at radius 2 is 1.85 bits per heavy atom. The standard InChI is InChI=1S/C20H16N4OS2/c1-13-5-7-14(8-6-13)17-12-27-20(23-17)24-18(25)10-15-11-26-19(22-15)16-4-2-3-9-21-16/h2-9,11-12H,10H2,1H3,(H,23,24,25). The molecular formula is C20H16N4OS2. The van der Waals surface area contributed by atoms with Crippen molar-refractivity contribution in [1.82, 2.24) is 15.0 Å². The van der Waals surface area contributed by atoms with Gasteiger partial charge in [-0.2, -0.15) is 0 Å². The van der Waals surface area contributed by atoms with Crippen molar-refractivity contribution in [1.29, 1.82) is 0 Å². The van der Waals surface area contributed by atoms with E-state index in [1.807, 2.05) is 60.1 Å². The molecule has 3 heterocycles. The number of carbonyl (C=O) groups excluding carboxylic acids is 1. The molecule has 0 spiro atoms. The highest BCUT2D eigenvalue weighted by Gasteiger charge is 2.12. The third kappa shape index (κ3) is 4.27. The summed E-state index contributed by atoms with van der Waals surface area (Å²) in [6, 6.07) is 13.9. The molecule has 0 aliphatic carbocycles. The van der Waals surface area contributed by atoms with Crippen LogP contribution in [0.2, 0.25) is 0 Å². The summed E-state index contributed by atoms with van der Waals surface area (Å²) in [6.45, 7) is 2.05. The highest BCUT2D eigenvalue weighted by atomic mass is 32.1. The van der Waals surface area contributed by atoms with Gasteiger partial charge in [0.05, 0.1) is 23.5 Å². The number of hydrogen-bond donors (Lipinski definition) is 1. The Morgan fingerprint density at radius 3 is 2.63 bits per heavy atom. The predicted octanol–water partition coefficient (Wildman–Crippen LogP) is 4.82. The number of carbonyl (C=O) groups is 1. The van der Waals surface area contributed by atoms with E-state index in [4.69, 9.17) is 0 Å². The minimum absolute atomic E-state index is 0.127. The summed E-state index contributed by atoms with van der Waals surface area (Å²) in [5.41, 5.74) is 4.65. The van der Waals surface area contributed by atoms with E-state index in [9.17, 15) is 4.79 Å². The van der Waals surface area contributed by atoms with Gasteiger partial charge in [0, 0.05) is 22.5 Å². The second-order valence-electron chi connectivity index (χ2n) is 5.99. The minimum Gasteiger partial charge on any atom is -0.302 e. The number of rotatable bonds is 5. The average molecular weight is 393 g/mol. The molecule has 0 bridgehead atoms. The first-order valence-electron chi connectivity index (χ1n) is 8.35. The van der Waals surface area contributed by atoms with E-state index < -0.39 is 0 Å². The van der Waals surface area contributed by atoms with Gasteiger partial charge < -0.3 is 5.32 Å². The molecule has 134 valence electrons. The van der Waals surface area contributed by atoms with Crippen molar-refractivity contribution in [3.05, 3.63) is 70.7 Å². The van der Waals surface area contributed by atoms with E-state index in [0.717, 1.165) is 27.7 Å². The van der Waals surface area contributed by atoms with Gasteiger partial charge in [0.25, 0.3) is 0 Å². The number of aryl methyl sites for hydroxylation is 1. The largest absolute Gasteiger partial charge is 0.302 e. The normalized spacial score (nSPS) is 10.7. The molecule has 0 aliphatic heterocycles. The van der Waals surface area contributed by atoms with Crippen molar-refractivity contribution in [2.75, 3.05) is 5.32 Å². The molecule has 4 rings (SSSR count). The fourth-order valence-electron chi connectivity index (χ4n) is 2.51. The molecule has 0 aliphatic rings. The van der Waals surface area contributed by atoms with Gasteiger partial charge in [-0.1, -0.05) is 35.9 Å². The summed E-state index contributed by atoms with van der Waals surface area (Å²) in [5.74, 6) is -0.127. The van der Waals surface area contributed by atoms with Crippen LogP contribution in [-0.2, 0) is 11.2 Å². The highest BCUT2D eigenvalue weighted by molar-refractivity contribution is 7.14. The Bertz CT molecular complexity index is 1060. The zero-order chi connectivity index (χ0) is 18.6. The average Bonchev–Trinajstić information content (AvgIpc) is 3.33. The van der Waals surface area contributed by atoms with Crippen LogP contribution in [-0.4, -0.2) is 20.9 Å². The van der Waals surface area contributed by atoms with Gasteiger partial charge in [-0.15, -0.1) is 22.7 Å². The summed E-state index contributed by atoms with van der Waals surface area (Å²) in [6.07, 6.45) is 1.94. The predicted molar refractivity (Wildman–Crippen MR) is 110 cm³/mol. The summed E-state index contributed by atoms with van der Waals surface area (Å²) in [7, 11) is 0. The van der Waals surface area contributed by atoms with Crippen LogP contribution in [0.5, 0.6) is 0 Å². The van der Waals surface area contributed by atoms with Gasteiger partial charge in [0.1, 0.15) is 5.01 Å². The second-order valence-corrected chi connectivity index (χ2v) is 7.70. The molecule has 0 saturated carbocycles. The first-order chi connectivity index (χ1) is 13.2. The number of amides is 1. The number of pyridine rings is 1. The van der Waals surface area contributed by atoms with Gasteiger partial charge in [-0.05, 0) is 19.1 Å². The van der Waals surface area contributed by atoms with E-state index in [2.05, 4.69) is 20.3 Å². The topological polar surface area (TPSA) is 67.8 Å². The van der Waals surface area contributed by atoms with Gasteiger partial charge in [-0.25, -0.2) is 9.97 Å². The van der Waals surface area contributed by atoms with Crippen LogP contribution in [0.1, 0.15) is 11.3 Å². The number of anilines is 1.